The maximum atomic E-state index is 3.94. The number of hydrogen-bond donors (Lipinski definition) is 0. The summed E-state index contributed by atoms with van der Waals surface area (Å²) in [6.07, 6.45) is 4.04. The molecule has 0 aliphatic carbocycles. The lowest BCUT2D eigenvalue weighted by atomic mass is 9.49. The van der Waals surface area contributed by atoms with Gasteiger partial charge in [-0.2, -0.15) is 0 Å². The number of benzene rings is 2. The number of aromatic nitrogens is 1. The fourth-order valence-corrected chi connectivity index (χ4v) is 2.83. The van der Waals surface area contributed by atoms with Gasteiger partial charge < -0.3 is 4.48 Å². The van der Waals surface area contributed by atoms with Crippen molar-refractivity contribution in [2.75, 3.05) is 0 Å². The highest BCUT2D eigenvalue weighted by Crippen LogP contribution is 2.08. The lowest BCUT2D eigenvalue weighted by Crippen LogP contribution is -2.49. The molecule has 0 saturated carbocycles. The van der Waals surface area contributed by atoms with Gasteiger partial charge in [0.15, 0.2) is 0 Å². The molecule has 0 aliphatic heterocycles. The molecule has 0 N–H and O–H groups in total. The molecule has 2 aromatic carbocycles. The van der Waals surface area contributed by atoms with Crippen LogP contribution < -0.4 is 10.9 Å². The molecule has 0 aliphatic rings. The molecule has 2 heteroatoms. The van der Waals surface area contributed by atoms with Crippen LogP contribution in [0.4, 0.5) is 0 Å². The molecule has 0 bridgehead atoms. The molecule has 3 rings (SSSR count). The first-order valence-corrected chi connectivity index (χ1v) is 7.21. The van der Waals surface area contributed by atoms with Gasteiger partial charge >= 0.3 is 6.85 Å². The molecule has 3 aromatic rings. The summed E-state index contributed by atoms with van der Waals surface area (Å²) in [6.45, 7) is 6.28. The highest BCUT2D eigenvalue weighted by Gasteiger charge is 2.24. The van der Waals surface area contributed by atoms with Gasteiger partial charge in [-0.15, -0.1) is 0 Å². The Morgan fingerprint density at radius 3 is 2.33 bits per heavy atom. The van der Waals surface area contributed by atoms with Gasteiger partial charge in [0.25, 0.3) is 0 Å². The van der Waals surface area contributed by atoms with E-state index in [-0.39, 0.29) is 6.85 Å². The SMILES string of the molecule is C=Cc1cccn1B(c1ccccc1)c1ccccc1C. The highest BCUT2D eigenvalue weighted by molar-refractivity contribution is 6.84. The molecule has 0 radical (unpaired) electrons. The van der Waals surface area contributed by atoms with Crippen LogP contribution in [0.2, 0.25) is 0 Å². The second-order valence-electron chi connectivity index (χ2n) is 5.21. The summed E-state index contributed by atoms with van der Waals surface area (Å²) in [7, 11) is 0. The van der Waals surface area contributed by atoms with E-state index in [2.05, 4.69) is 90.9 Å². The van der Waals surface area contributed by atoms with Crippen molar-refractivity contribution in [2.24, 2.45) is 0 Å². The summed E-state index contributed by atoms with van der Waals surface area (Å²) < 4.78 is 2.28. The van der Waals surface area contributed by atoms with E-state index < -0.39 is 0 Å². The van der Waals surface area contributed by atoms with Crippen molar-refractivity contribution in [2.45, 2.75) is 6.92 Å². The van der Waals surface area contributed by atoms with E-state index in [1.54, 1.807) is 0 Å². The minimum Gasteiger partial charge on any atom is -0.383 e. The van der Waals surface area contributed by atoms with Gasteiger partial charge in [0.1, 0.15) is 0 Å². The highest BCUT2D eigenvalue weighted by atomic mass is 14.9. The van der Waals surface area contributed by atoms with Gasteiger partial charge in [0.2, 0.25) is 0 Å². The molecule has 0 saturated heterocycles. The summed E-state index contributed by atoms with van der Waals surface area (Å²) in [5.41, 5.74) is 5.04. The van der Waals surface area contributed by atoms with E-state index in [4.69, 9.17) is 0 Å². The Morgan fingerprint density at radius 2 is 1.62 bits per heavy atom. The summed E-state index contributed by atoms with van der Waals surface area (Å²) in [5, 5.41) is 0. The molecular weight excluding hydrogens is 253 g/mol. The first kappa shape index (κ1) is 13.5. The number of rotatable bonds is 4. The lowest BCUT2D eigenvalue weighted by Gasteiger charge is -2.20. The molecule has 0 amide bonds. The molecule has 1 aromatic heterocycles. The topological polar surface area (TPSA) is 4.93 Å². The van der Waals surface area contributed by atoms with E-state index in [1.165, 1.54) is 16.5 Å². The lowest BCUT2D eigenvalue weighted by molar-refractivity contribution is 1.19. The van der Waals surface area contributed by atoms with Crippen molar-refractivity contribution in [3.63, 3.8) is 0 Å². The summed E-state index contributed by atoms with van der Waals surface area (Å²) >= 11 is 0. The van der Waals surface area contributed by atoms with Crippen molar-refractivity contribution < 1.29 is 0 Å². The van der Waals surface area contributed by atoms with E-state index in [9.17, 15) is 0 Å². The van der Waals surface area contributed by atoms with Crippen molar-refractivity contribution in [1.29, 1.82) is 0 Å². The Hall–Kier alpha value is -2.48. The van der Waals surface area contributed by atoms with Gasteiger partial charge in [-0.05, 0) is 36.8 Å². The maximum absolute atomic E-state index is 3.94. The minimum atomic E-state index is 0.176. The Kier molecular flexibility index (Phi) is 3.78. The van der Waals surface area contributed by atoms with Crippen LogP contribution in [-0.2, 0) is 0 Å². The quantitative estimate of drug-likeness (QED) is 0.643. The predicted octanol–water partition coefficient (Wildman–Crippen LogP) is 3.09. The molecule has 0 unspecified atom stereocenters. The van der Waals surface area contributed by atoms with Gasteiger partial charge in [-0.1, -0.05) is 72.2 Å². The van der Waals surface area contributed by atoms with Crippen molar-refractivity contribution in [3.05, 3.63) is 90.8 Å². The van der Waals surface area contributed by atoms with Crippen molar-refractivity contribution in [3.8, 4) is 0 Å². The number of hydrogen-bond acceptors (Lipinski definition) is 0. The fraction of sp³-hybridized carbons (Fsp3) is 0.0526. The average Bonchev–Trinajstić information content (AvgIpc) is 2.99. The zero-order chi connectivity index (χ0) is 14.7. The van der Waals surface area contributed by atoms with Crippen LogP contribution in [0.15, 0.2) is 79.5 Å². The van der Waals surface area contributed by atoms with Gasteiger partial charge in [0, 0.05) is 5.69 Å². The molecule has 1 nitrogen and oxygen atoms in total. The van der Waals surface area contributed by atoms with Gasteiger partial charge in [-0.25, -0.2) is 0 Å². The van der Waals surface area contributed by atoms with E-state index in [0.29, 0.717) is 0 Å². The first-order chi connectivity index (χ1) is 10.3. The van der Waals surface area contributed by atoms with Crippen LogP contribution in [0.1, 0.15) is 11.3 Å². The van der Waals surface area contributed by atoms with Crippen molar-refractivity contribution >= 4 is 23.8 Å². The number of nitrogens with zero attached hydrogens (tertiary/aromatic N) is 1. The summed E-state index contributed by atoms with van der Waals surface area (Å²) in [4.78, 5) is 0. The van der Waals surface area contributed by atoms with E-state index in [1.807, 2.05) is 6.08 Å². The molecule has 1 heterocycles. The maximum Gasteiger partial charge on any atom is 0.327 e. The van der Waals surface area contributed by atoms with Crippen molar-refractivity contribution in [1.82, 2.24) is 4.48 Å². The first-order valence-electron chi connectivity index (χ1n) is 7.21. The third-order valence-corrected chi connectivity index (χ3v) is 3.90. The third kappa shape index (κ3) is 2.57. The standard InChI is InChI=1S/C19H18BN/c1-3-18-13-9-15-21(18)20(17-11-5-4-6-12-17)19-14-8-7-10-16(19)2/h3-15H,1H2,2H3. The number of aryl methyl sites for hydroxylation is 1. The van der Waals surface area contributed by atoms with E-state index >= 15 is 0 Å². The second-order valence-corrected chi connectivity index (χ2v) is 5.21. The third-order valence-electron chi connectivity index (χ3n) is 3.90. The fourth-order valence-electron chi connectivity index (χ4n) is 2.83. The van der Waals surface area contributed by atoms with Crippen LogP contribution in [-0.4, -0.2) is 11.3 Å². The van der Waals surface area contributed by atoms with Crippen LogP contribution in [0.5, 0.6) is 0 Å². The van der Waals surface area contributed by atoms with E-state index in [0.717, 1.165) is 5.69 Å². The monoisotopic (exact) mass is 271 g/mol. The Bertz CT molecular complexity index is 743. The Balaban J connectivity index is 2.21. The predicted molar refractivity (Wildman–Crippen MR) is 92.6 cm³/mol. The second kappa shape index (κ2) is 5.88. The molecule has 0 fully saturated rings. The van der Waals surface area contributed by atoms with Crippen LogP contribution in [0.3, 0.4) is 0 Å². The van der Waals surface area contributed by atoms with Crippen LogP contribution in [0, 0.1) is 6.92 Å². The zero-order valence-electron chi connectivity index (χ0n) is 12.2. The van der Waals surface area contributed by atoms with Gasteiger partial charge in [-0.3, -0.25) is 0 Å². The smallest absolute Gasteiger partial charge is 0.327 e. The Labute approximate surface area is 126 Å². The largest absolute Gasteiger partial charge is 0.383 e. The van der Waals surface area contributed by atoms with Crippen LogP contribution in [0.25, 0.3) is 6.08 Å². The molecule has 21 heavy (non-hydrogen) atoms. The summed E-state index contributed by atoms with van der Waals surface area (Å²) in [5.74, 6) is 0. The molecule has 0 atom stereocenters. The molecular formula is C19H18BN. The molecule has 0 spiro atoms. The van der Waals surface area contributed by atoms with Gasteiger partial charge in [0.05, 0.1) is 0 Å². The molecule has 102 valence electrons. The van der Waals surface area contributed by atoms with Crippen LogP contribution >= 0.6 is 0 Å². The zero-order valence-corrected chi connectivity index (χ0v) is 12.2. The minimum absolute atomic E-state index is 0.176. The normalized spacial score (nSPS) is 10.3. The average molecular weight is 271 g/mol. The Morgan fingerprint density at radius 1 is 0.905 bits per heavy atom. The summed E-state index contributed by atoms with van der Waals surface area (Å²) in [6, 6.07) is 23.4.